The fourth-order valence-corrected chi connectivity index (χ4v) is 3.74. The first kappa shape index (κ1) is 12.8. The fourth-order valence-electron chi connectivity index (χ4n) is 3.74. The van der Waals surface area contributed by atoms with Crippen molar-refractivity contribution in [3.63, 3.8) is 0 Å². The third-order valence-corrected chi connectivity index (χ3v) is 4.78. The van der Waals surface area contributed by atoms with Crippen molar-refractivity contribution in [3.05, 3.63) is 72.9 Å². The molecule has 1 aliphatic rings. The summed E-state index contributed by atoms with van der Waals surface area (Å²) >= 11 is 0. The summed E-state index contributed by atoms with van der Waals surface area (Å²) in [5, 5.41) is 0. The highest BCUT2D eigenvalue weighted by atomic mass is 15.3. The van der Waals surface area contributed by atoms with Crippen LogP contribution in [-0.2, 0) is 6.54 Å². The van der Waals surface area contributed by atoms with Crippen molar-refractivity contribution in [1.29, 1.82) is 0 Å². The van der Waals surface area contributed by atoms with E-state index in [4.69, 9.17) is 4.98 Å². The number of imidazole rings is 2. The third-order valence-electron chi connectivity index (χ3n) is 4.78. The Balaban J connectivity index is 1.84. The van der Waals surface area contributed by atoms with Gasteiger partial charge in [-0.15, -0.1) is 0 Å². The number of fused-ring (bicyclic) bond motifs is 7. The van der Waals surface area contributed by atoms with Crippen molar-refractivity contribution < 1.29 is 4.57 Å². The molecule has 0 bridgehead atoms. The minimum Gasteiger partial charge on any atom is -0.257 e. The molecular weight excluding hydrogens is 312 g/mol. The first-order valence-corrected chi connectivity index (χ1v) is 8.18. The maximum atomic E-state index is 4.85. The molecule has 0 unspecified atom stereocenters. The quantitative estimate of drug-likeness (QED) is 0.436. The number of aromatic nitrogens is 6. The van der Waals surface area contributed by atoms with Crippen molar-refractivity contribution in [2.24, 2.45) is 0 Å². The largest absolute Gasteiger partial charge is 0.324 e. The molecule has 5 heterocycles. The Labute approximate surface area is 142 Å². The molecule has 0 amide bonds. The minimum atomic E-state index is 0.735. The summed E-state index contributed by atoms with van der Waals surface area (Å²) in [6.45, 7) is 0.735. The number of para-hydroxylation sites is 1. The Morgan fingerprint density at radius 1 is 0.960 bits per heavy atom. The highest BCUT2D eigenvalue weighted by Gasteiger charge is 2.36. The van der Waals surface area contributed by atoms with Crippen LogP contribution in [0.2, 0.25) is 0 Å². The van der Waals surface area contributed by atoms with Crippen molar-refractivity contribution in [1.82, 2.24) is 23.9 Å². The molecule has 1 aliphatic heterocycles. The number of hydrogen-bond acceptors (Lipinski definition) is 3. The van der Waals surface area contributed by atoms with E-state index in [0.717, 1.165) is 46.3 Å². The molecule has 0 atom stereocenters. The van der Waals surface area contributed by atoms with Gasteiger partial charge < -0.3 is 0 Å². The van der Waals surface area contributed by atoms with Gasteiger partial charge in [0.1, 0.15) is 18.6 Å². The van der Waals surface area contributed by atoms with E-state index in [1.807, 2.05) is 35.1 Å². The van der Waals surface area contributed by atoms with Crippen molar-refractivity contribution in [2.75, 3.05) is 0 Å². The number of rotatable bonds is 1. The van der Waals surface area contributed by atoms with Gasteiger partial charge in [0, 0.05) is 18.5 Å². The van der Waals surface area contributed by atoms with E-state index in [0.29, 0.717) is 0 Å². The van der Waals surface area contributed by atoms with Crippen LogP contribution in [0.4, 0.5) is 0 Å². The van der Waals surface area contributed by atoms with Crippen LogP contribution in [0.1, 0.15) is 5.69 Å². The second kappa shape index (κ2) is 4.51. The van der Waals surface area contributed by atoms with Gasteiger partial charge in [-0.1, -0.05) is 23.2 Å². The molecule has 0 aliphatic carbocycles. The predicted octanol–water partition coefficient (Wildman–Crippen LogP) is 2.38. The summed E-state index contributed by atoms with van der Waals surface area (Å²) in [5.41, 5.74) is 6.21. The first-order valence-electron chi connectivity index (χ1n) is 8.18. The maximum Gasteiger partial charge on any atom is 0.324 e. The van der Waals surface area contributed by atoms with Gasteiger partial charge in [0.05, 0.1) is 11.3 Å². The molecule has 4 aromatic heterocycles. The Kier molecular flexibility index (Phi) is 2.31. The van der Waals surface area contributed by atoms with Crippen LogP contribution < -0.4 is 4.57 Å². The Hall–Kier alpha value is -3.54. The standard InChI is InChI=1S/C19H13N6/c1-2-5-13(6-3-1)25-18-14-7-4-9-21-15(14)11-23(18)17-19(25)24-12-20-10-8-16(24)22-17/h1-10,12H,11H2/q+1. The molecule has 0 N–H and O–H groups in total. The normalized spacial score (nSPS) is 12.6. The lowest BCUT2D eigenvalue weighted by atomic mass is 10.2. The fraction of sp³-hybridized carbons (Fsp3) is 0.0526. The Morgan fingerprint density at radius 3 is 2.80 bits per heavy atom. The molecule has 0 radical (unpaired) electrons. The van der Waals surface area contributed by atoms with Crippen molar-refractivity contribution >= 4 is 16.9 Å². The highest BCUT2D eigenvalue weighted by Crippen LogP contribution is 2.32. The first-order chi connectivity index (χ1) is 12.4. The average Bonchev–Trinajstić information content (AvgIpc) is 3.30. The van der Waals surface area contributed by atoms with Gasteiger partial charge in [-0.3, -0.25) is 4.98 Å². The highest BCUT2D eigenvalue weighted by molar-refractivity contribution is 5.79. The van der Waals surface area contributed by atoms with Crippen LogP contribution in [0, 0.1) is 0 Å². The van der Waals surface area contributed by atoms with Gasteiger partial charge in [-0.25, -0.2) is 18.5 Å². The summed E-state index contributed by atoms with van der Waals surface area (Å²) in [6.07, 6.45) is 5.45. The van der Waals surface area contributed by atoms with E-state index < -0.39 is 0 Å². The predicted molar refractivity (Wildman–Crippen MR) is 92.3 cm³/mol. The molecule has 1 aromatic carbocycles. The lowest BCUT2D eigenvalue weighted by Crippen LogP contribution is -2.32. The van der Waals surface area contributed by atoms with Crippen molar-refractivity contribution in [3.8, 4) is 17.1 Å². The zero-order chi connectivity index (χ0) is 16.4. The molecular formula is C19H13N6+. The van der Waals surface area contributed by atoms with Gasteiger partial charge in [-0.2, -0.15) is 0 Å². The molecule has 0 saturated carbocycles. The van der Waals surface area contributed by atoms with Crippen LogP contribution in [0.5, 0.6) is 0 Å². The number of pyridine rings is 1. The third kappa shape index (κ3) is 1.58. The number of hydrogen-bond donors (Lipinski definition) is 0. The van der Waals surface area contributed by atoms with Gasteiger partial charge in [0.25, 0.3) is 5.65 Å². The van der Waals surface area contributed by atoms with Crippen LogP contribution in [0.25, 0.3) is 34.0 Å². The van der Waals surface area contributed by atoms with Crippen molar-refractivity contribution in [2.45, 2.75) is 6.54 Å². The average molecular weight is 325 g/mol. The van der Waals surface area contributed by atoms with Crippen LogP contribution in [0.3, 0.4) is 0 Å². The summed E-state index contributed by atoms with van der Waals surface area (Å²) in [4.78, 5) is 13.7. The van der Waals surface area contributed by atoms with E-state index in [2.05, 4.69) is 49.4 Å². The smallest absolute Gasteiger partial charge is 0.257 e. The molecule has 6 nitrogen and oxygen atoms in total. The van der Waals surface area contributed by atoms with Gasteiger partial charge >= 0.3 is 5.65 Å². The minimum absolute atomic E-state index is 0.735. The summed E-state index contributed by atoms with van der Waals surface area (Å²) < 4.78 is 6.54. The van der Waals surface area contributed by atoms with E-state index in [1.165, 1.54) is 0 Å². The Morgan fingerprint density at radius 2 is 1.88 bits per heavy atom. The van der Waals surface area contributed by atoms with E-state index >= 15 is 0 Å². The van der Waals surface area contributed by atoms with Gasteiger partial charge in [-0.05, 0) is 24.3 Å². The Bertz CT molecular complexity index is 1270. The lowest BCUT2D eigenvalue weighted by Gasteiger charge is -2.03. The molecule has 5 aromatic rings. The van der Waals surface area contributed by atoms with Crippen LogP contribution in [-0.4, -0.2) is 23.9 Å². The SMILES string of the molecule is c1ccc(-n2c3[n+](c4nc5ccncn5c42)Cc2ncccc2-3)cc1. The van der Waals surface area contributed by atoms with Crippen LogP contribution >= 0.6 is 0 Å². The molecule has 6 rings (SSSR count). The van der Waals surface area contributed by atoms with Gasteiger partial charge in [0.15, 0.2) is 0 Å². The maximum absolute atomic E-state index is 4.85. The summed E-state index contributed by atoms with van der Waals surface area (Å²) in [7, 11) is 0. The van der Waals surface area contributed by atoms with E-state index in [9.17, 15) is 0 Å². The van der Waals surface area contributed by atoms with Crippen LogP contribution in [0.15, 0.2) is 67.3 Å². The summed E-state index contributed by atoms with van der Waals surface area (Å²) in [5.74, 6) is 1.12. The molecule has 6 heteroatoms. The summed E-state index contributed by atoms with van der Waals surface area (Å²) in [6, 6.07) is 16.4. The molecule has 0 fully saturated rings. The zero-order valence-corrected chi connectivity index (χ0v) is 13.2. The monoisotopic (exact) mass is 325 g/mol. The molecule has 118 valence electrons. The second-order valence-corrected chi connectivity index (χ2v) is 6.15. The number of nitrogens with zero attached hydrogens (tertiary/aromatic N) is 6. The molecule has 0 saturated heterocycles. The number of benzene rings is 1. The van der Waals surface area contributed by atoms with Gasteiger partial charge in [0.2, 0.25) is 11.5 Å². The van der Waals surface area contributed by atoms with E-state index in [-0.39, 0.29) is 0 Å². The molecule has 25 heavy (non-hydrogen) atoms. The van der Waals surface area contributed by atoms with E-state index in [1.54, 1.807) is 6.20 Å². The second-order valence-electron chi connectivity index (χ2n) is 6.15. The molecule has 0 spiro atoms. The topological polar surface area (TPSA) is 51.9 Å². The zero-order valence-electron chi connectivity index (χ0n) is 13.2. The lowest BCUT2D eigenvalue weighted by molar-refractivity contribution is -0.648.